The van der Waals surface area contributed by atoms with Gasteiger partial charge in [0.1, 0.15) is 5.75 Å². The third kappa shape index (κ3) is 3.63. The standard InChI is InChI=1S/C16H20N4O2/c21-16(13-22-15-6-3-7-17-11-15)20-10-2-1-5-14(20)12-19-9-4-8-18-19/h3-4,6-9,11,14H,1-2,5,10,12-13H2/t14-/m1/s1. The van der Waals surface area contributed by atoms with Gasteiger partial charge in [-0.2, -0.15) is 5.10 Å². The van der Waals surface area contributed by atoms with Crippen molar-refractivity contribution in [1.82, 2.24) is 19.7 Å². The van der Waals surface area contributed by atoms with Crippen molar-refractivity contribution in [2.45, 2.75) is 31.8 Å². The van der Waals surface area contributed by atoms with Gasteiger partial charge in [-0.25, -0.2) is 0 Å². The highest BCUT2D eigenvalue weighted by atomic mass is 16.5. The minimum absolute atomic E-state index is 0.0284. The summed E-state index contributed by atoms with van der Waals surface area (Å²) in [6.07, 6.45) is 10.2. The van der Waals surface area contributed by atoms with Gasteiger partial charge in [0.2, 0.25) is 0 Å². The molecule has 116 valence electrons. The molecule has 1 amide bonds. The predicted octanol–water partition coefficient (Wildman–Crippen LogP) is 1.74. The van der Waals surface area contributed by atoms with Crippen LogP contribution >= 0.6 is 0 Å². The van der Waals surface area contributed by atoms with Gasteiger partial charge < -0.3 is 9.64 Å². The first-order chi connectivity index (χ1) is 10.8. The Morgan fingerprint density at radius 3 is 3.05 bits per heavy atom. The summed E-state index contributed by atoms with van der Waals surface area (Å²) in [6, 6.07) is 5.69. The van der Waals surface area contributed by atoms with Crippen molar-refractivity contribution in [3.63, 3.8) is 0 Å². The fraction of sp³-hybridized carbons (Fsp3) is 0.438. The Bertz CT molecular complexity index is 585. The van der Waals surface area contributed by atoms with E-state index in [0.29, 0.717) is 5.75 Å². The van der Waals surface area contributed by atoms with Crippen molar-refractivity contribution >= 4 is 5.91 Å². The van der Waals surface area contributed by atoms with Gasteiger partial charge in [0, 0.05) is 25.1 Å². The van der Waals surface area contributed by atoms with Crippen LogP contribution in [0.3, 0.4) is 0 Å². The van der Waals surface area contributed by atoms with Gasteiger partial charge in [0.05, 0.1) is 18.8 Å². The molecule has 3 rings (SSSR count). The van der Waals surface area contributed by atoms with Crippen molar-refractivity contribution in [3.05, 3.63) is 43.0 Å². The van der Waals surface area contributed by atoms with Gasteiger partial charge in [-0.15, -0.1) is 0 Å². The second-order valence-corrected chi connectivity index (χ2v) is 5.44. The van der Waals surface area contributed by atoms with Gasteiger partial charge in [-0.05, 0) is 37.5 Å². The zero-order valence-corrected chi connectivity index (χ0v) is 12.5. The average molecular weight is 300 g/mol. The summed E-state index contributed by atoms with van der Waals surface area (Å²) in [5.41, 5.74) is 0. The number of hydrogen-bond acceptors (Lipinski definition) is 4. The molecule has 0 saturated carbocycles. The van der Waals surface area contributed by atoms with Crippen molar-refractivity contribution in [3.8, 4) is 5.75 Å². The number of carbonyl (C=O) groups is 1. The van der Waals surface area contributed by atoms with E-state index in [9.17, 15) is 4.79 Å². The van der Waals surface area contributed by atoms with Crippen molar-refractivity contribution in [1.29, 1.82) is 0 Å². The Morgan fingerprint density at radius 2 is 2.27 bits per heavy atom. The van der Waals surface area contributed by atoms with Gasteiger partial charge >= 0.3 is 0 Å². The summed E-state index contributed by atoms with van der Waals surface area (Å²) in [6.45, 7) is 1.59. The van der Waals surface area contributed by atoms with E-state index in [1.807, 2.05) is 21.8 Å². The summed E-state index contributed by atoms with van der Waals surface area (Å²) in [7, 11) is 0. The molecule has 1 saturated heterocycles. The molecule has 0 unspecified atom stereocenters. The van der Waals surface area contributed by atoms with Crippen molar-refractivity contribution in [2.24, 2.45) is 0 Å². The number of nitrogens with zero attached hydrogens (tertiary/aromatic N) is 4. The number of piperidine rings is 1. The summed E-state index contributed by atoms with van der Waals surface area (Å²) in [5.74, 6) is 0.650. The molecule has 1 atom stereocenters. The highest BCUT2D eigenvalue weighted by Crippen LogP contribution is 2.19. The number of pyridine rings is 1. The number of carbonyl (C=O) groups excluding carboxylic acids is 1. The van der Waals surface area contributed by atoms with Gasteiger partial charge in [0.25, 0.3) is 5.91 Å². The summed E-state index contributed by atoms with van der Waals surface area (Å²) < 4.78 is 7.42. The van der Waals surface area contributed by atoms with Crippen LogP contribution in [0.5, 0.6) is 5.75 Å². The Kier molecular flexibility index (Phi) is 4.68. The number of likely N-dealkylation sites (tertiary alicyclic amines) is 1. The molecule has 2 aromatic heterocycles. The van der Waals surface area contributed by atoms with Gasteiger partial charge in [0.15, 0.2) is 6.61 Å². The Labute approximate surface area is 129 Å². The quantitative estimate of drug-likeness (QED) is 0.844. The number of ether oxygens (including phenoxy) is 1. The Balaban J connectivity index is 1.58. The molecule has 1 fully saturated rings. The molecule has 0 N–H and O–H groups in total. The lowest BCUT2D eigenvalue weighted by Gasteiger charge is -2.35. The Hall–Kier alpha value is -2.37. The molecule has 0 aliphatic carbocycles. The van der Waals surface area contributed by atoms with Crippen molar-refractivity contribution < 1.29 is 9.53 Å². The van der Waals surface area contributed by atoms with Crippen LogP contribution in [0.2, 0.25) is 0 Å². The van der Waals surface area contributed by atoms with Crippen LogP contribution in [0, 0.1) is 0 Å². The summed E-state index contributed by atoms with van der Waals surface area (Å²) in [4.78, 5) is 18.4. The smallest absolute Gasteiger partial charge is 0.260 e. The number of amides is 1. The average Bonchev–Trinajstić information content (AvgIpc) is 3.07. The van der Waals surface area contributed by atoms with Crippen LogP contribution in [-0.4, -0.2) is 44.8 Å². The molecule has 1 aliphatic heterocycles. The van der Waals surface area contributed by atoms with E-state index in [2.05, 4.69) is 10.1 Å². The molecule has 0 bridgehead atoms. The molecular formula is C16H20N4O2. The third-order valence-corrected chi connectivity index (χ3v) is 3.90. The van der Waals surface area contributed by atoms with Crippen LogP contribution in [0.25, 0.3) is 0 Å². The first kappa shape index (κ1) is 14.6. The number of aromatic nitrogens is 3. The SMILES string of the molecule is O=C(COc1cccnc1)N1CCCC[C@@H]1Cn1cccn1. The maximum atomic E-state index is 12.5. The highest BCUT2D eigenvalue weighted by Gasteiger charge is 2.27. The maximum Gasteiger partial charge on any atom is 0.260 e. The van der Waals surface area contributed by atoms with Crippen molar-refractivity contribution in [2.75, 3.05) is 13.2 Å². The second kappa shape index (κ2) is 7.06. The van der Waals surface area contributed by atoms with Crippen LogP contribution < -0.4 is 4.74 Å². The first-order valence-corrected chi connectivity index (χ1v) is 7.62. The zero-order valence-electron chi connectivity index (χ0n) is 12.5. The normalized spacial score (nSPS) is 18.2. The monoisotopic (exact) mass is 300 g/mol. The van der Waals surface area contributed by atoms with E-state index >= 15 is 0 Å². The molecule has 3 heterocycles. The molecule has 0 spiro atoms. The minimum Gasteiger partial charge on any atom is -0.482 e. The van der Waals surface area contributed by atoms with E-state index < -0.39 is 0 Å². The second-order valence-electron chi connectivity index (χ2n) is 5.44. The van der Waals surface area contributed by atoms with E-state index in [4.69, 9.17) is 4.74 Å². The maximum absolute atomic E-state index is 12.5. The molecule has 1 aliphatic rings. The summed E-state index contributed by atoms with van der Waals surface area (Å²) >= 11 is 0. The van der Waals surface area contributed by atoms with Crippen LogP contribution in [0.4, 0.5) is 0 Å². The molecule has 6 nitrogen and oxygen atoms in total. The molecule has 6 heteroatoms. The topological polar surface area (TPSA) is 60.2 Å². The summed E-state index contributed by atoms with van der Waals surface area (Å²) in [5, 5.41) is 4.24. The number of rotatable bonds is 5. The zero-order chi connectivity index (χ0) is 15.2. The van der Waals surface area contributed by atoms with E-state index in [-0.39, 0.29) is 18.6 Å². The van der Waals surface area contributed by atoms with E-state index in [0.717, 1.165) is 32.4 Å². The fourth-order valence-electron chi connectivity index (χ4n) is 2.80. The predicted molar refractivity (Wildman–Crippen MR) is 81.3 cm³/mol. The number of hydrogen-bond donors (Lipinski definition) is 0. The largest absolute Gasteiger partial charge is 0.482 e. The third-order valence-electron chi connectivity index (χ3n) is 3.90. The lowest BCUT2D eigenvalue weighted by molar-refractivity contribution is -0.137. The van der Waals surface area contributed by atoms with Crippen LogP contribution in [0.15, 0.2) is 43.0 Å². The molecule has 0 aromatic carbocycles. The fourth-order valence-corrected chi connectivity index (χ4v) is 2.80. The lowest BCUT2D eigenvalue weighted by Crippen LogP contribution is -2.47. The van der Waals surface area contributed by atoms with E-state index in [1.54, 1.807) is 30.7 Å². The molecule has 0 radical (unpaired) electrons. The van der Waals surface area contributed by atoms with Crippen LogP contribution in [-0.2, 0) is 11.3 Å². The molecule has 22 heavy (non-hydrogen) atoms. The molecule has 2 aromatic rings. The lowest BCUT2D eigenvalue weighted by atomic mass is 10.0. The van der Waals surface area contributed by atoms with Crippen LogP contribution in [0.1, 0.15) is 19.3 Å². The Morgan fingerprint density at radius 1 is 1.32 bits per heavy atom. The van der Waals surface area contributed by atoms with Gasteiger partial charge in [-0.3, -0.25) is 14.5 Å². The van der Waals surface area contributed by atoms with Gasteiger partial charge in [-0.1, -0.05) is 0 Å². The first-order valence-electron chi connectivity index (χ1n) is 7.62. The van der Waals surface area contributed by atoms with E-state index in [1.165, 1.54) is 0 Å². The minimum atomic E-state index is 0.0284. The highest BCUT2D eigenvalue weighted by molar-refractivity contribution is 5.78. The molecular weight excluding hydrogens is 280 g/mol.